The maximum absolute atomic E-state index is 2.45. The molecule has 1 aliphatic rings. The SMILES string of the molecule is C1=C(c2ccc3ccccc3c2)C=c2c(-c3ccc4ccccc4c3)c3ccccc3c(-c3ccc(-c4ccc5ccccc5c4)cc3)c2=CC1. The van der Waals surface area contributed by atoms with E-state index in [1.54, 1.807) is 0 Å². The van der Waals surface area contributed by atoms with E-state index in [0.717, 1.165) is 6.42 Å². The Kier molecular flexibility index (Phi) is 6.99. The molecule has 0 bridgehead atoms. The lowest BCUT2D eigenvalue weighted by Crippen LogP contribution is -2.29. The van der Waals surface area contributed by atoms with Gasteiger partial charge in [0.15, 0.2) is 0 Å². The summed E-state index contributed by atoms with van der Waals surface area (Å²) in [5, 5.41) is 12.7. The average molecular weight is 647 g/mol. The van der Waals surface area contributed by atoms with E-state index in [4.69, 9.17) is 0 Å². The molecule has 0 fully saturated rings. The molecule has 0 saturated carbocycles. The van der Waals surface area contributed by atoms with Crippen LogP contribution < -0.4 is 10.4 Å². The first-order valence-electron chi connectivity index (χ1n) is 17.8. The summed E-state index contributed by atoms with van der Waals surface area (Å²) >= 11 is 0. The Hall–Kier alpha value is -6.50. The molecular formula is C51H34. The molecule has 0 spiro atoms. The van der Waals surface area contributed by atoms with Gasteiger partial charge in [-0.2, -0.15) is 0 Å². The average Bonchev–Trinajstić information content (AvgIpc) is 3.42. The fraction of sp³-hybridized carbons (Fsp3) is 0.0196. The molecule has 10 rings (SSSR count). The third-order valence-corrected chi connectivity index (χ3v) is 10.6. The van der Waals surface area contributed by atoms with Crippen LogP contribution >= 0.6 is 0 Å². The third kappa shape index (κ3) is 5.16. The van der Waals surface area contributed by atoms with Crippen LogP contribution in [0.2, 0.25) is 0 Å². The number of benzene rings is 9. The van der Waals surface area contributed by atoms with E-state index in [1.165, 1.54) is 98.0 Å². The fourth-order valence-electron chi connectivity index (χ4n) is 8.09. The van der Waals surface area contributed by atoms with Crippen molar-refractivity contribution in [1.29, 1.82) is 0 Å². The van der Waals surface area contributed by atoms with E-state index in [9.17, 15) is 0 Å². The maximum atomic E-state index is 2.45. The second kappa shape index (κ2) is 12.1. The highest BCUT2D eigenvalue weighted by atomic mass is 14.2. The minimum absolute atomic E-state index is 0.851. The standard InChI is InChI=1S/C51H34/c1-4-13-39-30-43(27-22-34(39)10-1)37-20-25-38(26-21-37)50-46-17-7-8-18-47(46)51(45-29-24-36-12-3-6-15-41(36)32-45)49-33-42(16-9-19-48(49)50)44-28-23-35-11-2-5-14-40(35)31-44/h1-8,10-33H,9H2. The first-order chi connectivity index (χ1) is 25.3. The Bertz CT molecular complexity index is 2980. The Morgan fingerprint density at radius 1 is 0.294 bits per heavy atom. The minimum Gasteiger partial charge on any atom is -0.0728 e. The molecule has 51 heavy (non-hydrogen) atoms. The molecule has 0 N–H and O–H groups in total. The van der Waals surface area contributed by atoms with Crippen molar-refractivity contribution >= 4 is 60.8 Å². The molecule has 0 atom stereocenters. The van der Waals surface area contributed by atoms with Gasteiger partial charge in [-0.25, -0.2) is 0 Å². The van der Waals surface area contributed by atoms with E-state index < -0.39 is 0 Å². The predicted octanol–water partition coefficient (Wildman–Crippen LogP) is 12.3. The first kappa shape index (κ1) is 29.4. The van der Waals surface area contributed by atoms with Crippen molar-refractivity contribution in [3.63, 3.8) is 0 Å². The van der Waals surface area contributed by atoms with Crippen LogP contribution in [0.1, 0.15) is 12.0 Å². The van der Waals surface area contributed by atoms with Crippen LogP contribution in [0.5, 0.6) is 0 Å². The molecule has 0 aliphatic heterocycles. The maximum Gasteiger partial charge on any atom is -0.00260 e. The van der Waals surface area contributed by atoms with E-state index in [2.05, 4.69) is 194 Å². The second-order valence-corrected chi connectivity index (χ2v) is 13.6. The summed E-state index contributed by atoms with van der Waals surface area (Å²) in [6.07, 6.45) is 8.14. The number of allylic oxidation sites excluding steroid dienone is 2. The molecule has 238 valence electrons. The predicted molar refractivity (Wildman–Crippen MR) is 220 cm³/mol. The molecule has 0 nitrogen and oxygen atoms in total. The van der Waals surface area contributed by atoms with Crippen molar-refractivity contribution in [3.05, 3.63) is 198 Å². The highest BCUT2D eigenvalue weighted by molar-refractivity contribution is 6.08. The van der Waals surface area contributed by atoms with Crippen LogP contribution in [0, 0.1) is 0 Å². The van der Waals surface area contributed by atoms with E-state index in [1.807, 2.05) is 0 Å². The van der Waals surface area contributed by atoms with Crippen molar-refractivity contribution < 1.29 is 0 Å². The van der Waals surface area contributed by atoms with E-state index in [-0.39, 0.29) is 0 Å². The summed E-state index contributed by atoms with van der Waals surface area (Å²) in [4.78, 5) is 0. The largest absolute Gasteiger partial charge is 0.0728 e. The first-order valence-corrected chi connectivity index (χ1v) is 17.8. The van der Waals surface area contributed by atoms with Gasteiger partial charge in [-0.15, -0.1) is 0 Å². The molecule has 0 radical (unpaired) electrons. The molecule has 9 aromatic rings. The molecule has 0 unspecified atom stereocenters. The summed E-state index contributed by atoms with van der Waals surface area (Å²) in [7, 11) is 0. The Labute approximate surface area is 297 Å². The highest BCUT2D eigenvalue weighted by Crippen LogP contribution is 2.35. The molecular weight excluding hydrogens is 613 g/mol. The number of fused-ring (bicyclic) bond motifs is 5. The van der Waals surface area contributed by atoms with Crippen LogP contribution in [-0.2, 0) is 0 Å². The molecule has 0 amide bonds. The summed E-state index contributed by atoms with van der Waals surface area (Å²) in [5.41, 5.74) is 10.0. The van der Waals surface area contributed by atoms with Crippen LogP contribution in [0.4, 0.5) is 0 Å². The highest BCUT2D eigenvalue weighted by Gasteiger charge is 2.17. The summed E-state index contributed by atoms with van der Waals surface area (Å²) in [6, 6.07) is 64.7. The summed E-state index contributed by atoms with van der Waals surface area (Å²) in [6.45, 7) is 0. The summed E-state index contributed by atoms with van der Waals surface area (Å²) in [5.74, 6) is 0. The lowest BCUT2D eigenvalue weighted by molar-refractivity contribution is 1.46. The van der Waals surface area contributed by atoms with Crippen molar-refractivity contribution in [2.24, 2.45) is 0 Å². The van der Waals surface area contributed by atoms with Gasteiger partial charge >= 0.3 is 0 Å². The fourth-order valence-corrected chi connectivity index (χ4v) is 8.09. The molecule has 0 heterocycles. The zero-order valence-corrected chi connectivity index (χ0v) is 28.2. The quantitative estimate of drug-likeness (QED) is 0.178. The second-order valence-electron chi connectivity index (χ2n) is 13.6. The van der Waals surface area contributed by atoms with E-state index in [0.29, 0.717) is 0 Å². The molecule has 0 heteroatoms. The van der Waals surface area contributed by atoms with Gasteiger partial charge in [0.05, 0.1) is 0 Å². The Morgan fingerprint density at radius 3 is 1.33 bits per heavy atom. The monoisotopic (exact) mass is 646 g/mol. The zero-order chi connectivity index (χ0) is 33.7. The number of rotatable bonds is 4. The van der Waals surface area contributed by atoms with Gasteiger partial charge in [-0.3, -0.25) is 0 Å². The van der Waals surface area contributed by atoms with Crippen LogP contribution in [0.25, 0.3) is 94.2 Å². The third-order valence-electron chi connectivity index (χ3n) is 10.6. The smallest absolute Gasteiger partial charge is 0.00260 e. The van der Waals surface area contributed by atoms with Crippen LogP contribution in [0.3, 0.4) is 0 Å². The van der Waals surface area contributed by atoms with Gasteiger partial charge < -0.3 is 0 Å². The van der Waals surface area contributed by atoms with Crippen molar-refractivity contribution in [3.8, 4) is 33.4 Å². The van der Waals surface area contributed by atoms with Crippen molar-refractivity contribution in [1.82, 2.24) is 0 Å². The minimum atomic E-state index is 0.851. The lowest BCUT2D eigenvalue weighted by Gasteiger charge is -2.17. The topological polar surface area (TPSA) is 0 Å². The Morgan fingerprint density at radius 2 is 0.725 bits per heavy atom. The number of hydrogen-bond acceptors (Lipinski definition) is 0. The van der Waals surface area contributed by atoms with Gasteiger partial charge in [0.1, 0.15) is 0 Å². The lowest BCUT2D eigenvalue weighted by atomic mass is 9.86. The zero-order valence-electron chi connectivity index (χ0n) is 28.2. The number of hydrogen-bond donors (Lipinski definition) is 0. The summed E-state index contributed by atoms with van der Waals surface area (Å²) < 4.78 is 0. The molecule has 0 aromatic heterocycles. The van der Waals surface area contributed by atoms with Crippen molar-refractivity contribution in [2.45, 2.75) is 6.42 Å². The van der Waals surface area contributed by atoms with Gasteiger partial charge in [0.25, 0.3) is 0 Å². The van der Waals surface area contributed by atoms with Crippen LogP contribution in [0.15, 0.2) is 182 Å². The van der Waals surface area contributed by atoms with Gasteiger partial charge in [0, 0.05) is 0 Å². The normalized spacial score (nSPS) is 12.7. The van der Waals surface area contributed by atoms with Gasteiger partial charge in [-0.1, -0.05) is 170 Å². The van der Waals surface area contributed by atoms with Gasteiger partial charge in [0.2, 0.25) is 0 Å². The Balaban J connectivity index is 1.22. The molecule has 0 saturated heterocycles. The molecule has 9 aromatic carbocycles. The van der Waals surface area contributed by atoms with Gasteiger partial charge in [-0.05, 0) is 129 Å². The van der Waals surface area contributed by atoms with Crippen molar-refractivity contribution in [2.75, 3.05) is 0 Å². The van der Waals surface area contributed by atoms with E-state index >= 15 is 0 Å². The molecule has 1 aliphatic carbocycles. The van der Waals surface area contributed by atoms with Crippen LogP contribution in [-0.4, -0.2) is 0 Å².